The Morgan fingerprint density at radius 2 is 1.88 bits per heavy atom. The van der Waals surface area contributed by atoms with Gasteiger partial charge in [-0.25, -0.2) is 4.79 Å². The number of hydrogen-bond donors (Lipinski definition) is 2. The van der Waals surface area contributed by atoms with Crippen molar-refractivity contribution < 1.29 is 19.1 Å². The van der Waals surface area contributed by atoms with Crippen molar-refractivity contribution in [3.8, 4) is 0 Å². The molecular weight excluding hydrogens is 418 g/mol. The maximum absolute atomic E-state index is 13.6. The van der Waals surface area contributed by atoms with E-state index in [1.165, 1.54) is 0 Å². The van der Waals surface area contributed by atoms with Crippen LogP contribution in [0.4, 0.5) is 5.69 Å². The van der Waals surface area contributed by atoms with Gasteiger partial charge in [0.05, 0.1) is 12.6 Å². The van der Waals surface area contributed by atoms with Gasteiger partial charge in [-0.2, -0.15) is 0 Å². The predicted octanol–water partition coefficient (Wildman–Crippen LogP) is 3.55. The Hall–Kier alpha value is -2.83. The lowest BCUT2D eigenvalue weighted by atomic mass is 9.85. The molecule has 1 aromatic carbocycles. The summed E-state index contributed by atoms with van der Waals surface area (Å²) in [4.78, 5) is 40.5. The zero-order valence-electron chi connectivity index (χ0n) is 21.2. The van der Waals surface area contributed by atoms with E-state index >= 15 is 0 Å². The van der Waals surface area contributed by atoms with E-state index < -0.39 is 23.5 Å². The maximum Gasteiger partial charge on any atom is 0.333 e. The number of carbonyl (C=O) groups excluding carboxylic acids is 3. The molecule has 3 atom stereocenters. The van der Waals surface area contributed by atoms with Gasteiger partial charge in [-0.3, -0.25) is 9.59 Å². The predicted molar refractivity (Wildman–Crippen MR) is 131 cm³/mol. The third-order valence-corrected chi connectivity index (χ3v) is 5.98. The molecule has 1 aliphatic rings. The van der Waals surface area contributed by atoms with E-state index in [-0.39, 0.29) is 23.8 Å². The third-order valence-electron chi connectivity index (χ3n) is 5.98. The summed E-state index contributed by atoms with van der Waals surface area (Å²) in [5.41, 5.74) is 1.99. The summed E-state index contributed by atoms with van der Waals surface area (Å²) in [5.74, 6) is -0.729. The number of nitrogens with one attached hydrogen (secondary N) is 2. The molecule has 0 bridgehead atoms. The number of nitrogens with zero attached hydrogens (tertiary/aromatic N) is 1. The molecule has 0 spiro atoms. The second-order valence-electron chi connectivity index (χ2n) is 10.1. The van der Waals surface area contributed by atoms with Crippen LogP contribution in [0.25, 0.3) is 0 Å². The van der Waals surface area contributed by atoms with E-state index in [2.05, 4.69) is 10.6 Å². The molecular formula is C26H39N3O4. The number of benzene rings is 1. The van der Waals surface area contributed by atoms with Crippen molar-refractivity contribution in [2.75, 3.05) is 19.0 Å². The molecule has 2 rings (SSSR count). The fourth-order valence-electron chi connectivity index (χ4n) is 4.02. The summed E-state index contributed by atoms with van der Waals surface area (Å²) < 4.78 is 5.09. The zero-order chi connectivity index (χ0) is 24.9. The molecule has 7 heteroatoms. The number of rotatable bonds is 8. The molecule has 182 valence electrons. The van der Waals surface area contributed by atoms with Crippen molar-refractivity contribution in [1.82, 2.24) is 10.2 Å². The van der Waals surface area contributed by atoms with Crippen molar-refractivity contribution in [3.63, 3.8) is 0 Å². The molecule has 0 aromatic heterocycles. The summed E-state index contributed by atoms with van der Waals surface area (Å²) in [6, 6.07) is 6.37. The highest BCUT2D eigenvalue weighted by Crippen LogP contribution is 2.27. The van der Waals surface area contributed by atoms with Crippen molar-refractivity contribution >= 4 is 23.5 Å². The molecule has 1 aromatic rings. The minimum Gasteiger partial charge on any atom is -0.463 e. The van der Waals surface area contributed by atoms with Gasteiger partial charge < -0.3 is 20.3 Å². The minimum atomic E-state index is -0.724. The van der Waals surface area contributed by atoms with Gasteiger partial charge in [-0.15, -0.1) is 0 Å². The van der Waals surface area contributed by atoms with Crippen molar-refractivity contribution in [3.05, 3.63) is 41.5 Å². The number of ether oxygens (including phenoxy) is 1. The van der Waals surface area contributed by atoms with Crippen LogP contribution in [0.3, 0.4) is 0 Å². The fourth-order valence-corrected chi connectivity index (χ4v) is 4.02. The quantitative estimate of drug-likeness (QED) is 0.460. The Balaban J connectivity index is 2.21. The lowest BCUT2D eigenvalue weighted by molar-refractivity contribution is -0.140. The Labute approximate surface area is 197 Å². The summed E-state index contributed by atoms with van der Waals surface area (Å²) in [7, 11) is 1.72. The molecule has 0 radical (unpaired) electrons. The highest BCUT2D eigenvalue weighted by atomic mass is 16.5. The van der Waals surface area contributed by atoms with E-state index in [1.807, 2.05) is 58.9 Å². The number of esters is 1. The van der Waals surface area contributed by atoms with E-state index in [1.54, 1.807) is 31.9 Å². The molecule has 2 N–H and O–H groups in total. The van der Waals surface area contributed by atoms with Gasteiger partial charge >= 0.3 is 5.97 Å². The van der Waals surface area contributed by atoms with Crippen LogP contribution >= 0.6 is 0 Å². The van der Waals surface area contributed by atoms with Crippen LogP contribution < -0.4 is 10.6 Å². The number of fused-ring (bicyclic) bond motifs is 1. The molecule has 1 heterocycles. The smallest absolute Gasteiger partial charge is 0.333 e. The molecule has 7 nitrogen and oxygen atoms in total. The Bertz CT molecular complexity index is 876. The Morgan fingerprint density at radius 1 is 1.24 bits per heavy atom. The van der Waals surface area contributed by atoms with Gasteiger partial charge in [0.25, 0.3) is 0 Å². The number of amides is 2. The number of carbonyl (C=O) groups is 3. The number of para-hydroxylation sites is 1. The topological polar surface area (TPSA) is 87.7 Å². The normalized spacial score (nSPS) is 17.6. The van der Waals surface area contributed by atoms with E-state index in [0.29, 0.717) is 18.6 Å². The van der Waals surface area contributed by atoms with Crippen LogP contribution in [-0.4, -0.2) is 54.5 Å². The van der Waals surface area contributed by atoms with Gasteiger partial charge in [0.1, 0.15) is 12.1 Å². The van der Waals surface area contributed by atoms with Gasteiger partial charge in [0.15, 0.2) is 0 Å². The molecule has 0 saturated carbocycles. The third kappa shape index (κ3) is 6.59. The van der Waals surface area contributed by atoms with E-state index in [4.69, 9.17) is 4.74 Å². The highest BCUT2D eigenvalue weighted by molar-refractivity contribution is 5.93. The Morgan fingerprint density at radius 3 is 2.42 bits per heavy atom. The highest BCUT2D eigenvalue weighted by Gasteiger charge is 2.39. The molecule has 1 aliphatic heterocycles. The first kappa shape index (κ1) is 26.4. The monoisotopic (exact) mass is 457 g/mol. The maximum atomic E-state index is 13.6. The first-order valence-electron chi connectivity index (χ1n) is 11.6. The molecule has 0 fully saturated rings. The van der Waals surface area contributed by atoms with Gasteiger partial charge in [-0.1, -0.05) is 58.9 Å². The van der Waals surface area contributed by atoms with Crippen LogP contribution in [0.15, 0.2) is 35.9 Å². The summed E-state index contributed by atoms with van der Waals surface area (Å²) in [6.07, 6.45) is 2.36. The van der Waals surface area contributed by atoms with Crippen molar-refractivity contribution in [1.29, 1.82) is 0 Å². The number of hydrogen-bond acceptors (Lipinski definition) is 5. The van der Waals surface area contributed by atoms with E-state index in [9.17, 15) is 14.4 Å². The number of anilines is 1. The van der Waals surface area contributed by atoms with Gasteiger partial charge in [0.2, 0.25) is 11.8 Å². The van der Waals surface area contributed by atoms with Crippen LogP contribution in [0, 0.1) is 11.3 Å². The number of likely N-dealkylation sites (N-methyl/N-ethyl adjacent to an activating group) is 1. The van der Waals surface area contributed by atoms with Crippen LogP contribution in [0.5, 0.6) is 0 Å². The lowest BCUT2D eigenvalue weighted by Gasteiger charge is -2.37. The summed E-state index contributed by atoms with van der Waals surface area (Å²) in [5, 5.41) is 6.25. The SMILES string of the molecule is CCOC(=O)/C(C)=C/[C@H](C(C)C)N(C)C(=O)[C@@H](NC(=O)C1Cc2ccccc2N1)C(C)(C)C. The minimum absolute atomic E-state index is 0.0608. The second-order valence-corrected chi connectivity index (χ2v) is 10.1. The van der Waals surface area contributed by atoms with Crippen molar-refractivity contribution in [2.24, 2.45) is 11.3 Å². The van der Waals surface area contributed by atoms with Gasteiger partial charge in [-0.05, 0) is 36.8 Å². The van der Waals surface area contributed by atoms with E-state index in [0.717, 1.165) is 11.3 Å². The Kier molecular flexibility index (Phi) is 8.69. The first-order chi connectivity index (χ1) is 15.4. The average molecular weight is 458 g/mol. The zero-order valence-corrected chi connectivity index (χ0v) is 21.2. The van der Waals surface area contributed by atoms with Crippen LogP contribution in [0.1, 0.15) is 54.0 Å². The summed E-state index contributed by atoms with van der Waals surface area (Å²) >= 11 is 0. The molecule has 1 unspecified atom stereocenters. The molecule has 0 aliphatic carbocycles. The molecule has 0 saturated heterocycles. The standard InChI is InChI=1S/C26H39N3O4/c1-9-33-25(32)17(4)14-21(16(2)3)29(8)24(31)22(26(5,6)7)28-23(30)20-15-18-12-10-11-13-19(18)27-20/h10-14,16,20-22,27H,9,15H2,1-8H3,(H,28,30)/b17-14+/t20?,21-,22-/m1/s1. The molecule has 2 amide bonds. The van der Waals surface area contributed by atoms with Crippen LogP contribution in [-0.2, 0) is 25.5 Å². The average Bonchev–Trinajstić information content (AvgIpc) is 3.18. The summed E-state index contributed by atoms with van der Waals surface area (Å²) in [6.45, 7) is 13.5. The van der Waals surface area contributed by atoms with Gasteiger partial charge in [0, 0.05) is 24.7 Å². The lowest BCUT2D eigenvalue weighted by Crippen LogP contribution is -2.58. The second kappa shape index (κ2) is 10.9. The van der Waals surface area contributed by atoms with Crippen LogP contribution in [0.2, 0.25) is 0 Å². The fraction of sp³-hybridized carbons (Fsp3) is 0.577. The first-order valence-corrected chi connectivity index (χ1v) is 11.6. The largest absolute Gasteiger partial charge is 0.463 e. The molecule has 33 heavy (non-hydrogen) atoms. The van der Waals surface area contributed by atoms with Crippen molar-refractivity contribution in [2.45, 2.75) is 73.0 Å².